The lowest BCUT2D eigenvalue weighted by molar-refractivity contribution is -0.133. The molecule has 0 spiro atoms. The Hall–Kier alpha value is -2.50. The normalized spacial score (nSPS) is 17.7. The molecule has 0 aliphatic carbocycles. The summed E-state index contributed by atoms with van der Waals surface area (Å²) in [4.78, 5) is 26.7. The molecule has 3 heterocycles. The number of hydrogen-bond donors (Lipinski definition) is 1. The van der Waals surface area contributed by atoms with Gasteiger partial charge in [0.25, 0.3) is 5.91 Å². The molecule has 1 unspecified atom stereocenters. The third-order valence-electron chi connectivity index (χ3n) is 5.00. The molecule has 2 amide bonds. The molecule has 26 heavy (non-hydrogen) atoms. The predicted molar refractivity (Wildman–Crippen MR) is 98.6 cm³/mol. The van der Waals surface area contributed by atoms with E-state index in [1.54, 1.807) is 12.1 Å². The summed E-state index contributed by atoms with van der Waals surface area (Å²) in [7, 11) is 2.03. The zero-order valence-electron chi connectivity index (χ0n) is 15.3. The van der Waals surface area contributed by atoms with Gasteiger partial charge in [-0.2, -0.15) is 0 Å². The zero-order valence-corrected chi connectivity index (χ0v) is 15.3. The zero-order chi connectivity index (χ0) is 18.4. The van der Waals surface area contributed by atoms with Gasteiger partial charge in [0.05, 0.1) is 12.3 Å². The summed E-state index contributed by atoms with van der Waals surface area (Å²) in [6.07, 6.45) is 8.97. The second-order valence-corrected chi connectivity index (χ2v) is 6.83. The molecule has 0 aromatic carbocycles. The van der Waals surface area contributed by atoms with Crippen molar-refractivity contribution in [3.8, 4) is 0 Å². The van der Waals surface area contributed by atoms with Crippen LogP contribution in [-0.4, -0.2) is 34.4 Å². The minimum atomic E-state index is -0.237. The third-order valence-corrected chi connectivity index (χ3v) is 5.00. The van der Waals surface area contributed by atoms with Gasteiger partial charge in [0.15, 0.2) is 5.76 Å². The summed E-state index contributed by atoms with van der Waals surface area (Å²) < 4.78 is 7.17. The maximum absolute atomic E-state index is 12.8. The lowest BCUT2D eigenvalue weighted by Crippen LogP contribution is -2.36. The summed E-state index contributed by atoms with van der Waals surface area (Å²) >= 11 is 0. The lowest BCUT2D eigenvalue weighted by atomic mass is 10.1. The Kier molecular flexibility index (Phi) is 6.15. The molecular formula is C20H27N3O3. The van der Waals surface area contributed by atoms with Gasteiger partial charge in [-0.3, -0.25) is 9.59 Å². The molecule has 1 saturated heterocycles. The number of nitrogens with zero attached hydrogens (tertiary/aromatic N) is 2. The molecule has 2 aromatic rings. The molecule has 6 heteroatoms. The molecule has 6 nitrogen and oxygen atoms in total. The van der Waals surface area contributed by atoms with Gasteiger partial charge in [-0.15, -0.1) is 0 Å². The average Bonchev–Trinajstić information content (AvgIpc) is 3.25. The van der Waals surface area contributed by atoms with Gasteiger partial charge >= 0.3 is 0 Å². The SMILES string of the molecule is Cn1cccc1C1CCCCCN1C(=O)CCCNC(=O)c1ccco1. The number of hydrogen-bond acceptors (Lipinski definition) is 3. The second-order valence-electron chi connectivity index (χ2n) is 6.83. The molecule has 1 aliphatic rings. The number of aromatic nitrogens is 1. The monoisotopic (exact) mass is 357 g/mol. The molecule has 3 rings (SSSR count). The third kappa shape index (κ3) is 4.36. The molecule has 0 bridgehead atoms. The Labute approximate surface area is 154 Å². The van der Waals surface area contributed by atoms with E-state index < -0.39 is 0 Å². The fraction of sp³-hybridized carbons (Fsp3) is 0.500. The van der Waals surface area contributed by atoms with Gasteiger partial charge in [0.2, 0.25) is 5.91 Å². The number of likely N-dealkylation sites (tertiary alicyclic amines) is 1. The van der Waals surface area contributed by atoms with Crippen LogP contribution in [0.1, 0.15) is 60.8 Å². The van der Waals surface area contributed by atoms with Crippen molar-refractivity contribution < 1.29 is 14.0 Å². The highest BCUT2D eigenvalue weighted by Crippen LogP contribution is 2.30. The van der Waals surface area contributed by atoms with E-state index >= 15 is 0 Å². The van der Waals surface area contributed by atoms with E-state index in [1.807, 2.05) is 24.2 Å². The minimum Gasteiger partial charge on any atom is -0.459 e. The van der Waals surface area contributed by atoms with E-state index in [0.29, 0.717) is 25.1 Å². The van der Waals surface area contributed by atoms with E-state index in [9.17, 15) is 9.59 Å². The Balaban J connectivity index is 1.53. The molecule has 1 aliphatic heterocycles. The van der Waals surface area contributed by atoms with E-state index in [-0.39, 0.29) is 17.9 Å². The van der Waals surface area contributed by atoms with Crippen LogP contribution in [0.5, 0.6) is 0 Å². The molecule has 0 radical (unpaired) electrons. The van der Waals surface area contributed by atoms with Gasteiger partial charge < -0.3 is 19.2 Å². The number of carbonyl (C=O) groups excluding carboxylic acids is 2. The summed E-state index contributed by atoms with van der Waals surface area (Å²) in [5, 5.41) is 2.80. The van der Waals surface area contributed by atoms with Crippen LogP contribution < -0.4 is 5.32 Å². The molecule has 1 atom stereocenters. The van der Waals surface area contributed by atoms with Crippen LogP contribution in [0.2, 0.25) is 0 Å². The topological polar surface area (TPSA) is 67.5 Å². The Morgan fingerprint density at radius 2 is 2.12 bits per heavy atom. The molecule has 140 valence electrons. The van der Waals surface area contributed by atoms with Crippen LogP contribution in [0.4, 0.5) is 0 Å². The van der Waals surface area contributed by atoms with Gasteiger partial charge in [0.1, 0.15) is 0 Å². The number of rotatable bonds is 6. The molecule has 1 fully saturated rings. The predicted octanol–water partition coefficient (Wildman–Crippen LogP) is 3.27. The number of aryl methyl sites for hydroxylation is 1. The van der Waals surface area contributed by atoms with Crippen molar-refractivity contribution in [2.24, 2.45) is 7.05 Å². The highest BCUT2D eigenvalue weighted by Gasteiger charge is 2.27. The summed E-state index contributed by atoms with van der Waals surface area (Å²) in [5.41, 5.74) is 1.20. The standard InChI is InChI=1S/C20H27N3O3/c1-22-13-6-9-16(22)17-8-3-2-4-14-23(17)19(24)11-5-12-21-20(25)18-10-7-15-26-18/h6-7,9-10,13,15,17H,2-5,8,11-12,14H2,1H3,(H,21,25). The first kappa shape index (κ1) is 18.3. The maximum atomic E-state index is 12.8. The van der Waals surface area contributed by atoms with Crippen LogP contribution in [0.3, 0.4) is 0 Å². The van der Waals surface area contributed by atoms with E-state index in [0.717, 1.165) is 25.8 Å². The van der Waals surface area contributed by atoms with Crippen molar-refractivity contribution in [1.29, 1.82) is 0 Å². The summed E-state index contributed by atoms with van der Waals surface area (Å²) in [5.74, 6) is 0.233. The quantitative estimate of drug-likeness (QED) is 0.807. The smallest absolute Gasteiger partial charge is 0.286 e. The number of amides is 2. The van der Waals surface area contributed by atoms with Gasteiger partial charge in [-0.25, -0.2) is 0 Å². The van der Waals surface area contributed by atoms with Crippen LogP contribution in [0.25, 0.3) is 0 Å². The highest BCUT2D eigenvalue weighted by molar-refractivity contribution is 5.91. The largest absolute Gasteiger partial charge is 0.459 e. The van der Waals surface area contributed by atoms with Crippen LogP contribution >= 0.6 is 0 Å². The Bertz CT molecular complexity index is 721. The first-order valence-electron chi connectivity index (χ1n) is 9.39. The van der Waals surface area contributed by atoms with E-state index in [2.05, 4.69) is 16.0 Å². The van der Waals surface area contributed by atoms with Crippen LogP contribution in [-0.2, 0) is 11.8 Å². The van der Waals surface area contributed by atoms with Crippen molar-refractivity contribution in [3.63, 3.8) is 0 Å². The number of carbonyl (C=O) groups is 2. The van der Waals surface area contributed by atoms with E-state index in [1.165, 1.54) is 18.4 Å². The molecule has 1 N–H and O–H groups in total. The first-order chi connectivity index (χ1) is 12.7. The second kappa shape index (κ2) is 8.74. The van der Waals surface area contributed by atoms with Gasteiger partial charge in [-0.05, 0) is 43.5 Å². The molecule has 2 aromatic heterocycles. The fourth-order valence-electron chi connectivity index (χ4n) is 3.61. The van der Waals surface area contributed by atoms with Gasteiger partial charge in [-0.1, -0.05) is 12.8 Å². The van der Waals surface area contributed by atoms with Crippen molar-refractivity contribution >= 4 is 11.8 Å². The Morgan fingerprint density at radius 3 is 2.85 bits per heavy atom. The van der Waals surface area contributed by atoms with Crippen molar-refractivity contribution in [3.05, 3.63) is 48.2 Å². The minimum absolute atomic E-state index is 0.155. The Morgan fingerprint density at radius 1 is 1.23 bits per heavy atom. The van der Waals surface area contributed by atoms with Gasteiger partial charge in [0, 0.05) is 38.4 Å². The van der Waals surface area contributed by atoms with E-state index in [4.69, 9.17) is 4.42 Å². The van der Waals surface area contributed by atoms with Crippen molar-refractivity contribution in [2.45, 2.75) is 44.6 Å². The number of furan rings is 1. The lowest BCUT2D eigenvalue weighted by Gasteiger charge is -2.31. The molecular weight excluding hydrogens is 330 g/mol. The van der Waals surface area contributed by atoms with Crippen LogP contribution in [0, 0.1) is 0 Å². The highest BCUT2D eigenvalue weighted by atomic mass is 16.3. The fourth-order valence-corrected chi connectivity index (χ4v) is 3.61. The first-order valence-corrected chi connectivity index (χ1v) is 9.39. The average molecular weight is 357 g/mol. The number of nitrogens with one attached hydrogen (secondary N) is 1. The molecule has 0 saturated carbocycles. The van der Waals surface area contributed by atoms with Crippen molar-refractivity contribution in [2.75, 3.05) is 13.1 Å². The summed E-state index contributed by atoms with van der Waals surface area (Å²) in [6, 6.07) is 7.61. The maximum Gasteiger partial charge on any atom is 0.286 e. The van der Waals surface area contributed by atoms with Crippen LogP contribution in [0.15, 0.2) is 41.1 Å². The van der Waals surface area contributed by atoms with Crippen molar-refractivity contribution in [1.82, 2.24) is 14.8 Å². The summed E-state index contributed by atoms with van der Waals surface area (Å²) in [6.45, 7) is 1.28.